The molecule has 3 rings (SSSR count). The summed E-state index contributed by atoms with van der Waals surface area (Å²) in [6.45, 7) is 11.1. The molecule has 2 nitrogen and oxygen atoms in total. The molecule has 3 aliphatic rings. The molecule has 1 atom stereocenters. The molecule has 0 N–H and O–H groups in total. The molecule has 0 saturated carbocycles. The number of rotatable bonds is 1. The van der Waals surface area contributed by atoms with Crippen molar-refractivity contribution in [3.63, 3.8) is 0 Å². The second-order valence-corrected chi connectivity index (χ2v) is 8.05. The van der Waals surface area contributed by atoms with E-state index in [4.69, 9.17) is 12.6 Å². The average Bonchev–Trinajstić information content (AvgIpc) is 2.57. The quantitative estimate of drug-likeness (QED) is 0.677. The maximum atomic E-state index is 6.95. The van der Waals surface area contributed by atoms with Gasteiger partial charge in [0.25, 0.3) is 0 Å². The molecule has 2 radical (unpaired) electrons. The molecule has 0 aromatic rings. The van der Waals surface area contributed by atoms with Gasteiger partial charge in [0.1, 0.15) is 0 Å². The fourth-order valence-electron chi connectivity index (χ4n) is 4.72. The van der Waals surface area contributed by atoms with Crippen molar-refractivity contribution in [2.45, 2.75) is 64.2 Å². The van der Waals surface area contributed by atoms with E-state index in [-0.39, 0.29) is 16.3 Å². The van der Waals surface area contributed by atoms with Gasteiger partial charge in [-0.2, -0.15) is 0 Å². The number of nitrogens with zero attached hydrogens (tertiary/aromatic N) is 1. The third kappa shape index (κ3) is 1.62. The number of likely N-dealkylation sites (N-methyl/N-ethyl adjacent to an activating group) is 1. The highest BCUT2D eigenvalue weighted by Crippen LogP contribution is 2.63. The Morgan fingerprint density at radius 2 is 1.90 bits per heavy atom. The fourth-order valence-corrected chi connectivity index (χ4v) is 4.72. The maximum absolute atomic E-state index is 6.95. The lowest BCUT2D eigenvalue weighted by atomic mass is 9.45. The summed E-state index contributed by atoms with van der Waals surface area (Å²) < 4.78 is 5.54. The first-order valence-corrected chi connectivity index (χ1v) is 8.08. The van der Waals surface area contributed by atoms with E-state index in [0.717, 1.165) is 26.1 Å². The summed E-state index contributed by atoms with van der Waals surface area (Å²) in [5.74, 6) is 0.504. The molecule has 0 bridgehead atoms. The second-order valence-electron chi connectivity index (χ2n) is 8.05. The van der Waals surface area contributed by atoms with Crippen LogP contribution in [-0.4, -0.2) is 38.5 Å². The lowest BCUT2D eigenvalue weighted by Gasteiger charge is -2.50. The maximum Gasteiger partial charge on any atom is 0.0899 e. The van der Waals surface area contributed by atoms with Gasteiger partial charge in [0, 0.05) is 12.7 Å². The van der Waals surface area contributed by atoms with Crippen molar-refractivity contribution in [2.75, 3.05) is 20.3 Å². The molecule has 1 saturated heterocycles. The van der Waals surface area contributed by atoms with Crippen LogP contribution in [0.3, 0.4) is 0 Å². The van der Waals surface area contributed by atoms with Crippen LogP contribution in [0.1, 0.15) is 53.4 Å². The van der Waals surface area contributed by atoms with Gasteiger partial charge in [-0.25, -0.2) is 0 Å². The van der Waals surface area contributed by atoms with Gasteiger partial charge in [-0.15, -0.1) is 0 Å². The van der Waals surface area contributed by atoms with E-state index in [1.165, 1.54) is 12.8 Å². The van der Waals surface area contributed by atoms with Gasteiger partial charge in [0.15, 0.2) is 0 Å². The van der Waals surface area contributed by atoms with E-state index >= 15 is 0 Å². The summed E-state index contributed by atoms with van der Waals surface area (Å²) in [6, 6.07) is 0. The highest BCUT2D eigenvalue weighted by molar-refractivity contribution is 6.16. The van der Waals surface area contributed by atoms with Crippen molar-refractivity contribution in [1.29, 1.82) is 0 Å². The highest BCUT2D eigenvalue weighted by Gasteiger charge is 2.56. The van der Waals surface area contributed by atoms with Crippen molar-refractivity contribution in [3.05, 3.63) is 11.3 Å². The van der Waals surface area contributed by atoms with Crippen LogP contribution in [0.2, 0.25) is 5.31 Å². The highest BCUT2D eigenvalue weighted by atomic mass is 16.5. The molecule has 1 fully saturated rings. The zero-order valence-corrected chi connectivity index (χ0v) is 13.8. The van der Waals surface area contributed by atoms with Crippen LogP contribution < -0.4 is 0 Å². The average molecular weight is 273 g/mol. The van der Waals surface area contributed by atoms with Crippen LogP contribution in [0.5, 0.6) is 0 Å². The van der Waals surface area contributed by atoms with E-state index in [2.05, 4.69) is 39.6 Å². The molecule has 2 aliphatic heterocycles. The first kappa shape index (κ1) is 14.5. The van der Waals surface area contributed by atoms with Crippen LogP contribution >= 0.6 is 0 Å². The van der Waals surface area contributed by atoms with Crippen LogP contribution in [-0.2, 0) is 4.74 Å². The molecular weight excluding hydrogens is 245 g/mol. The van der Waals surface area contributed by atoms with Crippen molar-refractivity contribution >= 4 is 7.85 Å². The Labute approximate surface area is 125 Å². The predicted octanol–water partition coefficient (Wildman–Crippen LogP) is 3.54. The molecule has 20 heavy (non-hydrogen) atoms. The summed E-state index contributed by atoms with van der Waals surface area (Å²) in [4.78, 5) is 2.53. The molecule has 2 heterocycles. The van der Waals surface area contributed by atoms with Crippen molar-refractivity contribution in [2.24, 2.45) is 11.3 Å². The molecule has 110 valence electrons. The third-order valence-corrected chi connectivity index (χ3v) is 6.66. The minimum atomic E-state index is -0.0962. The second kappa shape index (κ2) is 4.28. The number of hydrogen-bond donors (Lipinski definition) is 0. The Balaban J connectivity index is 2.03. The number of ether oxygens (including phenoxy) is 1. The minimum absolute atomic E-state index is 0.0698. The van der Waals surface area contributed by atoms with Gasteiger partial charge >= 0.3 is 0 Å². The Morgan fingerprint density at radius 3 is 2.40 bits per heavy atom. The van der Waals surface area contributed by atoms with Gasteiger partial charge in [0.2, 0.25) is 0 Å². The first-order chi connectivity index (χ1) is 9.25. The van der Waals surface area contributed by atoms with Crippen molar-refractivity contribution < 1.29 is 4.74 Å². The van der Waals surface area contributed by atoms with E-state index in [1.54, 1.807) is 11.3 Å². The van der Waals surface area contributed by atoms with Gasteiger partial charge in [-0.1, -0.05) is 39.4 Å². The Bertz CT molecular complexity index is 450. The first-order valence-electron chi connectivity index (χ1n) is 8.08. The van der Waals surface area contributed by atoms with E-state index in [1.807, 2.05) is 0 Å². The number of hydrogen-bond acceptors (Lipinski definition) is 2. The topological polar surface area (TPSA) is 12.5 Å². The lowest BCUT2D eigenvalue weighted by molar-refractivity contribution is -0.114. The predicted molar refractivity (Wildman–Crippen MR) is 83.9 cm³/mol. The zero-order chi connectivity index (χ0) is 14.8. The normalized spacial score (nSPS) is 35.2. The lowest BCUT2D eigenvalue weighted by Crippen LogP contribution is -2.58. The van der Waals surface area contributed by atoms with E-state index < -0.39 is 0 Å². The SMILES string of the molecule is [B]C1(C(C)C)CCCC2=C(CC3(COC3)N2C)C1(C)C. The van der Waals surface area contributed by atoms with Crippen LogP contribution in [0.25, 0.3) is 0 Å². The zero-order valence-electron chi connectivity index (χ0n) is 13.8. The molecule has 0 aromatic carbocycles. The molecule has 1 aliphatic carbocycles. The van der Waals surface area contributed by atoms with Crippen LogP contribution in [0.15, 0.2) is 11.3 Å². The van der Waals surface area contributed by atoms with E-state index in [0.29, 0.717) is 5.92 Å². The summed E-state index contributed by atoms with van der Waals surface area (Å²) in [5.41, 5.74) is 3.49. The molecule has 0 amide bonds. The van der Waals surface area contributed by atoms with E-state index in [9.17, 15) is 0 Å². The van der Waals surface area contributed by atoms with Crippen LogP contribution in [0, 0.1) is 11.3 Å². The monoisotopic (exact) mass is 273 g/mol. The summed E-state index contributed by atoms with van der Waals surface area (Å²) in [5, 5.41) is -0.0962. The Kier molecular flexibility index (Phi) is 3.11. The van der Waals surface area contributed by atoms with Gasteiger partial charge in [0.05, 0.1) is 26.6 Å². The molecule has 1 unspecified atom stereocenters. The molecular formula is C17H28BNO. The minimum Gasteiger partial charge on any atom is -0.376 e. The fraction of sp³-hybridized carbons (Fsp3) is 0.882. The summed E-state index contributed by atoms with van der Waals surface area (Å²) in [7, 11) is 9.21. The Hall–Kier alpha value is -0.435. The number of allylic oxidation sites excluding steroid dienone is 1. The standard InChI is InChI=1S/C17H28BNO/c1-12(2)17(18)8-6-7-14-13(15(17,3)4)9-16(19(14)5)10-20-11-16/h12H,6-11H2,1-5H3. The molecule has 1 spiro atoms. The van der Waals surface area contributed by atoms with Gasteiger partial charge in [-0.05, 0) is 36.2 Å². The van der Waals surface area contributed by atoms with Crippen molar-refractivity contribution in [1.82, 2.24) is 4.90 Å². The van der Waals surface area contributed by atoms with Crippen molar-refractivity contribution in [3.8, 4) is 0 Å². The third-order valence-electron chi connectivity index (χ3n) is 6.66. The van der Waals surface area contributed by atoms with Crippen LogP contribution in [0.4, 0.5) is 0 Å². The Morgan fingerprint density at radius 1 is 1.25 bits per heavy atom. The largest absolute Gasteiger partial charge is 0.376 e. The molecule has 0 aromatic heterocycles. The molecule has 3 heteroatoms. The van der Waals surface area contributed by atoms with Gasteiger partial charge < -0.3 is 9.64 Å². The van der Waals surface area contributed by atoms with Gasteiger partial charge in [-0.3, -0.25) is 0 Å². The summed E-state index contributed by atoms with van der Waals surface area (Å²) in [6.07, 6.45) is 4.67. The summed E-state index contributed by atoms with van der Waals surface area (Å²) >= 11 is 0. The smallest absolute Gasteiger partial charge is 0.0899 e.